The van der Waals surface area contributed by atoms with Gasteiger partial charge < -0.3 is 15.1 Å². The predicted octanol–water partition coefficient (Wildman–Crippen LogP) is 3.06. The van der Waals surface area contributed by atoms with Crippen LogP contribution < -0.4 is 10.2 Å². The van der Waals surface area contributed by atoms with Crippen LogP contribution in [0.25, 0.3) is 11.3 Å². The van der Waals surface area contributed by atoms with Gasteiger partial charge in [0.05, 0.1) is 10.6 Å². The summed E-state index contributed by atoms with van der Waals surface area (Å²) in [5, 5.41) is 22.5. The highest BCUT2D eigenvalue weighted by Gasteiger charge is 2.19. The van der Waals surface area contributed by atoms with Crippen LogP contribution in [0.1, 0.15) is 10.4 Å². The van der Waals surface area contributed by atoms with Gasteiger partial charge in [-0.15, -0.1) is 10.2 Å². The third-order valence-electron chi connectivity index (χ3n) is 5.26. The number of carbonyl (C=O) groups excluding carboxylic acids is 1. The van der Waals surface area contributed by atoms with E-state index >= 15 is 0 Å². The molecule has 2 heterocycles. The lowest BCUT2D eigenvalue weighted by molar-refractivity contribution is -0.385. The molecule has 1 saturated heterocycles. The summed E-state index contributed by atoms with van der Waals surface area (Å²) in [4.78, 5) is 27.5. The lowest BCUT2D eigenvalue weighted by atomic mass is 10.1. The van der Waals surface area contributed by atoms with Crippen LogP contribution in [0.2, 0.25) is 0 Å². The predicted molar refractivity (Wildman–Crippen MR) is 118 cm³/mol. The Bertz CT molecular complexity index is 1080. The SMILES string of the molecule is CN1CCN(c2ccc(-c3ccc(NC(=O)c4ccccc4[N+](=O)[O-])cc3)nn2)CC1. The molecule has 1 aliphatic heterocycles. The number of anilines is 2. The largest absolute Gasteiger partial charge is 0.353 e. The van der Waals surface area contributed by atoms with E-state index in [1.165, 1.54) is 18.2 Å². The molecule has 2 aromatic carbocycles. The number of nitrogens with one attached hydrogen (secondary N) is 1. The van der Waals surface area contributed by atoms with E-state index in [4.69, 9.17) is 0 Å². The molecule has 1 amide bonds. The molecule has 0 aliphatic carbocycles. The molecule has 1 aromatic heterocycles. The number of likely N-dealkylation sites (N-methyl/N-ethyl adjacent to an activating group) is 1. The van der Waals surface area contributed by atoms with Gasteiger partial charge in [0, 0.05) is 43.5 Å². The van der Waals surface area contributed by atoms with E-state index in [1.807, 2.05) is 24.3 Å². The summed E-state index contributed by atoms with van der Waals surface area (Å²) in [5.41, 5.74) is 1.92. The number of aromatic nitrogens is 2. The normalized spacial score (nSPS) is 14.3. The monoisotopic (exact) mass is 418 g/mol. The molecule has 158 valence electrons. The van der Waals surface area contributed by atoms with Crippen LogP contribution in [0.5, 0.6) is 0 Å². The molecule has 0 unspecified atom stereocenters. The van der Waals surface area contributed by atoms with Gasteiger partial charge in [0.2, 0.25) is 0 Å². The van der Waals surface area contributed by atoms with Gasteiger partial charge in [0.1, 0.15) is 5.56 Å². The van der Waals surface area contributed by atoms with Crippen molar-refractivity contribution in [1.29, 1.82) is 0 Å². The Hall–Kier alpha value is -3.85. The first kappa shape index (κ1) is 20.4. The number of nitro groups is 1. The minimum absolute atomic E-state index is 0.0157. The van der Waals surface area contributed by atoms with Crippen LogP contribution in [0.3, 0.4) is 0 Å². The molecule has 9 nitrogen and oxygen atoms in total. The van der Waals surface area contributed by atoms with Crippen molar-refractivity contribution in [2.24, 2.45) is 0 Å². The second kappa shape index (κ2) is 8.88. The fourth-order valence-electron chi connectivity index (χ4n) is 3.43. The van der Waals surface area contributed by atoms with Gasteiger partial charge in [-0.1, -0.05) is 24.3 Å². The van der Waals surface area contributed by atoms with Crippen LogP contribution >= 0.6 is 0 Å². The maximum atomic E-state index is 12.5. The number of para-hydroxylation sites is 1. The molecule has 0 spiro atoms. The van der Waals surface area contributed by atoms with E-state index in [9.17, 15) is 14.9 Å². The Labute approximate surface area is 179 Å². The topological polar surface area (TPSA) is 104 Å². The van der Waals surface area contributed by atoms with E-state index in [0.717, 1.165) is 43.3 Å². The Morgan fingerprint density at radius 1 is 0.968 bits per heavy atom. The minimum Gasteiger partial charge on any atom is -0.353 e. The molecule has 0 bridgehead atoms. The maximum absolute atomic E-state index is 12.5. The first-order valence-electron chi connectivity index (χ1n) is 9.94. The Morgan fingerprint density at radius 2 is 1.68 bits per heavy atom. The Kier molecular flexibility index (Phi) is 5.85. The Morgan fingerprint density at radius 3 is 2.32 bits per heavy atom. The lowest BCUT2D eigenvalue weighted by Crippen LogP contribution is -2.44. The molecular weight excluding hydrogens is 396 g/mol. The number of rotatable bonds is 5. The third-order valence-corrected chi connectivity index (χ3v) is 5.26. The molecule has 1 N–H and O–H groups in total. The molecule has 0 saturated carbocycles. The number of carbonyl (C=O) groups is 1. The number of piperazine rings is 1. The average molecular weight is 418 g/mol. The summed E-state index contributed by atoms with van der Waals surface area (Å²) in [6, 6.07) is 16.9. The van der Waals surface area contributed by atoms with Crippen LogP contribution in [0.4, 0.5) is 17.2 Å². The molecule has 4 rings (SSSR count). The van der Waals surface area contributed by atoms with Gasteiger partial charge in [-0.05, 0) is 37.4 Å². The van der Waals surface area contributed by atoms with E-state index in [0.29, 0.717) is 5.69 Å². The van der Waals surface area contributed by atoms with Gasteiger partial charge in [0.25, 0.3) is 11.6 Å². The van der Waals surface area contributed by atoms with Gasteiger partial charge in [-0.2, -0.15) is 0 Å². The summed E-state index contributed by atoms with van der Waals surface area (Å²) in [6.45, 7) is 3.86. The number of nitrogens with zero attached hydrogens (tertiary/aromatic N) is 5. The smallest absolute Gasteiger partial charge is 0.282 e. The van der Waals surface area contributed by atoms with Gasteiger partial charge in [0.15, 0.2) is 5.82 Å². The second-order valence-electron chi connectivity index (χ2n) is 7.37. The fraction of sp³-hybridized carbons (Fsp3) is 0.227. The van der Waals surface area contributed by atoms with Crippen molar-refractivity contribution < 1.29 is 9.72 Å². The van der Waals surface area contributed by atoms with E-state index in [1.54, 1.807) is 18.2 Å². The van der Waals surface area contributed by atoms with Crippen molar-refractivity contribution in [3.8, 4) is 11.3 Å². The minimum atomic E-state index is -0.567. The summed E-state index contributed by atoms with van der Waals surface area (Å²) in [6.07, 6.45) is 0. The van der Waals surface area contributed by atoms with Crippen molar-refractivity contribution in [2.45, 2.75) is 0 Å². The number of benzene rings is 2. The quantitative estimate of drug-likeness (QED) is 0.501. The maximum Gasteiger partial charge on any atom is 0.282 e. The number of hydrogen-bond acceptors (Lipinski definition) is 7. The molecule has 0 atom stereocenters. The van der Waals surface area contributed by atoms with Crippen LogP contribution in [0, 0.1) is 10.1 Å². The van der Waals surface area contributed by atoms with Crippen molar-refractivity contribution in [1.82, 2.24) is 15.1 Å². The zero-order valence-corrected chi connectivity index (χ0v) is 17.1. The van der Waals surface area contributed by atoms with Crippen LogP contribution in [-0.2, 0) is 0 Å². The number of amides is 1. The first-order valence-corrected chi connectivity index (χ1v) is 9.94. The highest BCUT2D eigenvalue weighted by atomic mass is 16.6. The summed E-state index contributed by atoms with van der Waals surface area (Å²) in [5.74, 6) is 0.335. The zero-order chi connectivity index (χ0) is 21.8. The summed E-state index contributed by atoms with van der Waals surface area (Å²) in [7, 11) is 2.11. The standard InChI is InChI=1S/C22H22N6O3/c1-26-12-14-27(15-13-26)21-11-10-19(24-25-21)16-6-8-17(9-7-16)23-22(29)18-4-2-3-5-20(18)28(30)31/h2-11H,12-15H2,1H3,(H,23,29). The first-order chi connectivity index (χ1) is 15.0. The molecule has 31 heavy (non-hydrogen) atoms. The van der Waals surface area contributed by atoms with Gasteiger partial charge in [-0.3, -0.25) is 14.9 Å². The van der Waals surface area contributed by atoms with Crippen molar-refractivity contribution in [2.75, 3.05) is 43.4 Å². The zero-order valence-electron chi connectivity index (χ0n) is 17.1. The summed E-state index contributed by atoms with van der Waals surface area (Å²) >= 11 is 0. The van der Waals surface area contributed by atoms with E-state index < -0.39 is 10.8 Å². The molecule has 3 aromatic rings. The second-order valence-corrected chi connectivity index (χ2v) is 7.37. The third kappa shape index (κ3) is 4.67. The highest BCUT2D eigenvalue weighted by molar-refractivity contribution is 6.07. The lowest BCUT2D eigenvalue weighted by Gasteiger charge is -2.32. The van der Waals surface area contributed by atoms with Crippen molar-refractivity contribution in [3.05, 3.63) is 76.3 Å². The van der Waals surface area contributed by atoms with Crippen molar-refractivity contribution >= 4 is 23.1 Å². The molecule has 0 radical (unpaired) electrons. The summed E-state index contributed by atoms with van der Waals surface area (Å²) < 4.78 is 0. The van der Waals surface area contributed by atoms with Gasteiger partial charge >= 0.3 is 0 Å². The average Bonchev–Trinajstić information content (AvgIpc) is 2.80. The van der Waals surface area contributed by atoms with Crippen LogP contribution in [0.15, 0.2) is 60.7 Å². The highest BCUT2D eigenvalue weighted by Crippen LogP contribution is 2.23. The number of nitro benzene ring substituents is 1. The fourth-order valence-corrected chi connectivity index (χ4v) is 3.43. The molecular formula is C22H22N6O3. The Balaban J connectivity index is 1.44. The molecule has 1 aliphatic rings. The van der Waals surface area contributed by atoms with Crippen LogP contribution in [-0.4, -0.2) is 59.2 Å². The number of hydrogen-bond donors (Lipinski definition) is 1. The van der Waals surface area contributed by atoms with Crippen molar-refractivity contribution in [3.63, 3.8) is 0 Å². The van der Waals surface area contributed by atoms with Gasteiger partial charge in [-0.25, -0.2) is 0 Å². The molecule has 1 fully saturated rings. The van der Waals surface area contributed by atoms with E-state index in [2.05, 4.69) is 32.4 Å². The molecule has 9 heteroatoms. The van der Waals surface area contributed by atoms with E-state index in [-0.39, 0.29) is 11.3 Å².